The molecular weight excluding hydrogens is 336 g/mol. The van der Waals surface area contributed by atoms with Crippen LogP contribution in [-0.4, -0.2) is 44.3 Å². The molecule has 2 rings (SSSR count). The highest BCUT2D eigenvalue weighted by Crippen LogP contribution is 2.14. The molecule has 0 unspecified atom stereocenters. The van der Waals surface area contributed by atoms with Gasteiger partial charge in [0.15, 0.2) is 0 Å². The highest BCUT2D eigenvalue weighted by molar-refractivity contribution is 5.80. The average molecular weight is 360 g/mol. The second kappa shape index (κ2) is 9.62. The molecule has 0 radical (unpaired) electrons. The van der Waals surface area contributed by atoms with Crippen molar-refractivity contribution >= 4 is 29.3 Å². The highest BCUT2D eigenvalue weighted by Gasteiger charge is 2.21. The molecule has 0 fully saturated rings. The van der Waals surface area contributed by atoms with Crippen LogP contribution in [0.1, 0.15) is 33.1 Å². The fourth-order valence-electron chi connectivity index (χ4n) is 2.50. The fourth-order valence-corrected chi connectivity index (χ4v) is 2.50. The van der Waals surface area contributed by atoms with E-state index in [4.69, 9.17) is 0 Å². The number of nitrogens with zero attached hydrogens (tertiary/aromatic N) is 4. The third kappa shape index (κ3) is 5.92. The Kier molecular flexibility index (Phi) is 7.22. The van der Waals surface area contributed by atoms with Crippen molar-refractivity contribution in [2.75, 3.05) is 12.0 Å². The smallest absolute Gasteiger partial charge is 0.262 e. The van der Waals surface area contributed by atoms with Crippen molar-refractivity contribution in [1.29, 1.82) is 0 Å². The summed E-state index contributed by atoms with van der Waals surface area (Å²) in [5.41, 5.74) is 6.46. The lowest BCUT2D eigenvalue weighted by Gasteiger charge is -2.20. The average Bonchev–Trinajstić information content (AvgIpc) is 2.64. The summed E-state index contributed by atoms with van der Waals surface area (Å²) in [7, 11) is 0. The maximum absolute atomic E-state index is 12.4. The molecular formula is C17H24N6O3. The van der Waals surface area contributed by atoms with Gasteiger partial charge in [0, 0.05) is 0 Å². The number of anilines is 1. The molecule has 140 valence electrons. The van der Waals surface area contributed by atoms with Crippen LogP contribution >= 0.6 is 0 Å². The van der Waals surface area contributed by atoms with E-state index in [0.717, 1.165) is 12.8 Å². The lowest BCUT2D eigenvalue weighted by molar-refractivity contribution is -0.154. The van der Waals surface area contributed by atoms with E-state index in [-0.39, 0.29) is 24.8 Å². The zero-order valence-electron chi connectivity index (χ0n) is 14.9. The van der Waals surface area contributed by atoms with Gasteiger partial charge in [-0.15, -0.1) is 10.2 Å². The molecule has 1 atom stereocenters. The number of carbonyl (C=O) groups is 2. The van der Waals surface area contributed by atoms with Gasteiger partial charge < -0.3 is 0 Å². The number of hydrogen-bond acceptors (Lipinski definition) is 7. The van der Waals surface area contributed by atoms with Gasteiger partial charge in [-0.1, -0.05) is 38.8 Å². The maximum Gasteiger partial charge on any atom is 0.262 e. The molecule has 9 nitrogen and oxygen atoms in total. The van der Waals surface area contributed by atoms with Crippen LogP contribution in [0, 0.1) is 11.8 Å². The van der Waals surface area contributed by atoms with E-state index in [1.54, 1.807) is 12.1 Å². The predicted octanol–water partition coefficient (Wildman–Crippen LogP) is 1.76. The van der Waals surface area contributed by atoms with Crippen LogP contribution in [0.5, 0.6) is 0 Å². The maximum atomic E-state index is 12.4. The molecule has 26 heavy (non-hydrogen) atoms. The van der Waals surface area contributed by atoms with E-state index >= 15 is 0 Å². The molecule has 0 aliphatic rings. The molecule has 0 aliphatic carbocycles. The van der Waals surface area contributed by atoms with Crippen molar-refractivity contribution in [1.82, 2.24) is 25.7 Å². The van der Waals surface area contributed by atoms with Crippen LogP contribution in [0.3, 0.4) is 0 Å². The molecule has 0 spiro atoms. The van der Waals surface area contributed by atoms with Gasteiger partial charge in [-0.3, -0.25) is 25.6 Å². The Bertz CT molecular complexity index is 739. The standard InChI is InChI=1S/C17H24N6O3/c1-12(2)6-5-7-13(10-23(26)11-24)16(25)20-22-17-18-14-8-3-4-9-15(14)19-21-17/h3-4,8-9,11-13,26H,5-7,10H2,1-2H3,(H,20,25)(H,18,21,22)/t13-/m0/s1. The van der Waals surface area contributed by atoms with E-state index in [1.165, 1.54) is 0 Å². The predicted molar refractivity (Wildman–Crippen MR) is 95.8 cm³/mol. The topological polar surface area (TPSA) is 120 Å². The number of para-hydroxylation sites is 1. The van der Waals surface area contributed by atoms with Gasteiger partial charge in [-0.25, -0.2) is 10.0 Å². The van der Waals surface area contributed by atoms with Gasteiger partial charge in [0.1, 0.15) is 5.52 Å². The fraction of sp³-hybridized carbons (Fsp3) is 0.471. The Morgan fingerprint density at radius 1 is 1.23 bits per heavy atom. The quantitative estimate of drug-likeness (QED) is 0.335. The summed E-state index contributed by atoms with van der Waals surface area (Å²) < 4.78 is 0. The van der Waals surface area contributed by atoms with Crippen molar-refractivity contribution in [2.45, 2.75) is 33.1 Å². The van der Waals surface area contributed by atoms with E-state index in [0.29, 0.717) is 28.4 Å². The van der Waals surface area contributed by atoms with Gasteiger partial charge in [0.05, 0.1) is 18.0 Å². The first kappa shape index (κ1) is 19.5. The first-order chi connectivity index (χ1) is 12.5. The molecule has 9 heteroatoms. The molecule has 3 N–H and O–H groups in total. The van der Waals surface area contributed by atoms with Crippen molar-refractivity contribution in [3.05, 3.63) is 24.3 Å². The number of aromatic nitrogens is 3. The number of benzene rings is 1. The summed E-state index contributed by atoms with van der Waals surface area (Å²) in [5.74, 6) is -0.226. The number of rotatable bonds is 10. The van der Waals surface area contributed by atoms with Crippen molar-refractivity contribution in [3.63, 3.8) is 0 Å². The van der Waals surface area contributed by atoms with Crippen LogP contribution in [0.2, 0.25) is 0 Å². The summed E-state index contributed by atoms with van der Waals surface area (Å²) in [6.07, 6.45) is 2.61. The van der Waals surface area contributed by atoms with Gasteiger partial charge in [0.25, 0.3) is 5.95 Å². The van der Waals surface area contributed by atoms with Crippen LogP contribution < -0.4 is 10.9 Å². The van der Waals surface area contributed by atoms with Gasteiger partial charge >= 0.3 is 0 Å². The third-order valence-corrected chi connectivity index (χ3v) is 3.89. The number of hydrogen-bond donors (Lipinski definition) is 3. The summed E-state index contributed by atoms with van der Waals surface area (Å²) in [5, 5.41) is 17.8. The molecule has 0 saturated heterocycles. The molecule has 1 aromatic heterocycles. The second-order valence-corrected chi connectivity index (χ2v) is 6.49. The first-order valence-electron chi connectivity index (χ1n) is 8.55. The largest absolute Gasteiger partial charge is 0.286 e. The molecule has 2 aromatic rings. The number of nitrogens with one attached hydrogen (secondary N) is 2. The Balaban J connectivity index is 1.96. The summed E-state index contributed by atoms with van der Waals surface area (Å²) in [6, 6.07) is 7.25. The lowest BCUT2D eigenvalue weighted by Crippen LogP contribution is -2.40. The van der Waals surface area contributed by atoms with Gasteiger partial charge in [-0.05, 0) is 24.5 Å². The first-order valence-corrected chi connectivity index (χ1v) is 8.55. The minimum absolute atomic E-state index is 0.0774. The zero-order valence-corrected chi connectivity index (χ0v) is 14.9. The molecule has 2 amide bonds. The van der Waals surface area contributed by atoms with E-state index in [1.807, 2.05) is 12.1 Å². The Hall–Kier alpha value is -2.81. The Morgan fingerprint density at radius 2 is 1.96 bits per heavy atom. The molecule has 0 saturated carbocycles. The van der Waals surface area contributed by atoms with Crippen LogP contribution in [0.15, 0.2) is 24.3 Å². The molecule has 1 aromatic carbocycles. The van der Waals surface area contributed by atoms with Crippen LogP contribution in [0.25, 0.3) is 11.0 Å². The highest BCUT2D eigenvalue weighted by atomic mass is 16.5. The monoisotopic (exact) mass is 360 g/mol. The van der Waals surface area contributed by atoms with E-state index < -0.39 is 5.92 Å². The molecule has 0 aliphatic heterocycles. The summed E-state index contributed by atoms with van der Waals surface area (Å²) in [4.78, 5) is 27.3. The Morgan fingerprint density at radius 3 is 2.65 bits per heavy atom. The number of hydroxylamine groups is 2. The third-order valence-electron chi connectivity index (χ3n) is 3.89. The summed E-state index contributed by atoms with van der Waals surface area (Å²) >= 11 is 0. The Labute approximate surface area is 151 Å². The lowest BCUT2D eigenvalue weighted by atomic mass is 9.97. The van der Waals surface area contributed by atoms with Crippen molar-refractivity contribution < 1.29 is 14.8 Å². The zero-order chi connectivity index (χ0) is 18.9. The molecule has 1 heterocycles. The number of fused-ring (bicyclic) bond motifs is 1. The van der Waals surface area contributed by atoms with Gasteiger partial charge in [0.2, 0.25) is 12.3 Å². The minimum Gasteiger partial charge on any atom is -0.286 e. The number of amides is 2. The van der Waals surface area contributed by atoms with E-state index in [2.05, 4.69) is 39.9 Å². The normalized spacial score (nSPS) is 12.0. The SMILES string of the molecule is CC(C)CCC[C@@H](CN(O)C=O)C(=O)NNc1nnc2ccccc2n1. The second-order valence-electron chi connectivity index (χ2n) is 6.49. The van der Waals surface area contributed by atoms with Crippen LogP contribution in [-0.2, 0) is 9.59 Å². The van der Waals surface area contributed by atoms with Crippen molar-refractivity contribution in [2.24, 2.45) is 11.8 Å². The number of hydrazine groups is 1. The van der Waals surface area contributed by atoms with Gasteiger partial charge in [-0.2, -0.15) is 0 Å². The van der Waals surface area contributed by atoms with E-state index in [9.17, 15) is 14.8 Å². The molecule has 0 bridgehead atoms. The minimum atomic E-state index is -0.551. The van der Waals surface area contributed by atoms with Crippen molar-refractivity contribution in [3.8, 4) is 0 Å². The summed E-state index contributed by atoms with van der Waals surface area (Å²) in [6.45, 7) is 4.13. The number of carbonyl (C=O) groups excluding carboxylic acids is 2. The van der Waals surface area contributed by atoms with Crippen LogP contribution in [0.4, 0.5) is 5.95 Å².